The van der Waals surface area contributed by atoms with Crippen molar-refractivity contribution in [2.45, 2.75) is 24.8 Å². The average Bonchev–Trinajstić information content (AvgIpc) is 2.51. The van der Waals surface area contributed by atoms with Crippen LogP contribution in [0.5, 0.6) is 0 Å². The number of nitrogens with one attached hydrogen (secondary N) is 3. The van der Waals surface area contributed by atoms with Crippen LogP contribution in [0.25, 0.3) is 5.73 Å². The Hall–Kier alpha value is -0.938. The van der Waals surface area contributed by atoms with Gasteiger partial charge in [0, 0.05) is 49.7 Å². The van der Waals surface area contributed by atoms with E-state index in [4.69, 9.17) is 5.73 Å². The van der Waals surface area contributed by atoms with Crippen LogP contribution in [0.2, 0.25) is 0 Å². The maximum atomic E-state index is 12.3. The van der Waals surface area contributed by atoms with E-state index >= 15 is 0 Å². The Morgan fingerprint density at radius 3 is 2.33 bits per heavy atom. The number of benzene rings is 2. The number of carbonyl (C=O) groups is 1. The predicted octanol–water partition coefficient (Wildman–Crippen LogP) is 3.18. The molecule has 1 radical (unpaired) electrons. The van der Waals surface area contributed by atoms with E-state index < -0.39 is 22.0 Å². The van der Waals surface area contributed by atoms with E-state index in [0.717, 1.165) is 5.56 Å². The molecule has 0 aliphatic heterocycles. The number of rotatable bonds is 5. The van der Waals surface area contributed by atoms with Gasteiger partial charge in [-0.2, -0.15) is 0 Å². The van der Waals surface area contributed by atoms with Crippen molar-refractivity contribution < 1.29 is 57.3 Å². The summed E-state index contributed by atoms with van der Waals surface area (Å²) in [7, 11) is -3.69. The summed E-state index contributed by atoms with van der Waals surface area (Å²) in [6.07, 6.45) is 0. The Morgan fingerprint density at radius 1 is 1.12 bits per heavy atom. The van der Waals surface area contributed by atoms with E-state index in [2.05, 4.69) is 10.0 Å². The second kappa shape index (κ2) is 8.95. The van der Waals surface area contributed by atoms with Gasteiger partial charge < -0.3 is 11.1 Å². The molecule has 1 atom stereocenters. The summed E-state index contributed by atoms with van der Waals surface area (Å²) in [6, 6.07) is 12.0. The second-order valence-corrected chi connectivity index (χ2v) is 6.84. The molecular weight excluding hydrogens is 541 g/mol. The minimum absolute atomic E-state index is 0. The van der Waals surface area contributed by atoms with Gasteiger partial charge >= 0.3 is 0 Å². The van der Waals surface area contributed by atoms with Gasteiger partial charge in [0.1, 0.15) is 0 Å². The number of anilines is 2. The van der Waals surface area contributed by atoms with Crippen molar-refractivity contribution in [1.82, 2.24) is 0 Å². The van der Waals surface area contributed by atoms with Crippen molar-refractivity contribution in [2.24, 2.45) is 0 Å². The second-order valence-electron chi connectivity index (χ2n) is 5.16. The third-order valence-electron chi connectivity index (χ3n) is 3.19. The Morgan fingerprint density at radius 2 is 1.75 bits per heavy atom. The minimum Gasteiger partial charge on any atom is -0.667 e. The summed E-state index contributed by atoms with van der Waals surface area (Å²) < 4.78 is 27.1. The Balaban J connectivity index is 0.00000288. The Labute approximate surface area is 177 Å². The fourth-order valence-electron chi connectivity index (χ4n) is 1.87. The summed E-state index contributed by atoms with van der Waals surface area (Å²) in [5.41, 5.74) is 8.98. The molecule has 0 saturated heterocycles. The van der Waals surface area contributed by atoms with Crippen molar-refractivity contribution in [3.05, 3.63) is 59.8 Å². The fourth-order valence-corrected chi connectivity index (χ4v) is 2.95. The van der Waals surface area contributed by atoms with E-state index in [1.54, 1.807) is 37.3 Å². The van der Waals surface area contributed by atoms with Crippen LogP contribution >= 0.6 is 0 Å². The van der Waals surface area contributed by atoms with E-state index in [-0.39, 0.29) is 49.0 Å². The number of carbonyl (C=O) groups excluding carboxylic acids is 1. The standard InChI is InChI=1S/C16H18N3O3S.Ac/c1-11-8-9-13(10-15(11)18-16(20)12(2)17)19-23(21,22)14-6-4-3-5-7-14;/h3-10,12,17,19H,1-2H3,(H,18,20);/q-1;/t12-;/m1./s1. The van der Waals surface area contributed by atoms with Crippen LogP contribution in [0.15, 0.2) is 53.4 Å². The molecule has 125 valence electrons. The molecule has 0 aliphatic rings. The number of sulfonamides is 1. The molecule has 0 heterocycles. The maximum Gasteiger partial charge on any atom is 0.261 e. The summed E-state index contributed by atoms with van der Waals surface area (Å²) >= 11 is 0. The molecule has 2 aromatic rings. The summed E-state index contributed by atoms with van der Waals surface area (Å²) in [5.74, 6) is -0.448. The molecule has 24 heavy (non-hydrogen) atoms. The average molecular weight is 559 g/mol. The van der Waals surface area contributed by atoms with Gasteiger partial charge in [0.2, 0.25) is 5.91 Å². The zero-order chi connectivity index (χ0) is 17.0. The van der Waals surface area contributed by atoms with Crippen LogP contribution in [0.4, 0.5) is 11.4 Å². The molecule has 0 saturated carbocycles. The molecule has 0 aromatic heterocycles. The van der Waals surface area contributed by atoms with Crippen LogP contribution in [0.1, 0.15) is 12.5 Å². The quantitative estimate of drug-likeness (QED) is 0.589. The van der Waals surface area contributed by atoms with Gasteiger partial charge in [-0.05, 0) is 36.8 Å². The molecule has 6 nitrogen and oxygen atoms in total. The predicted molar refractivity (Wildman–Crippen MR) is 90.8 cm³/mol. The first-order chi connectivity index (χ1) is 10.8. The third kappa shape index (κ3) is 5.56. The molecule has 0 unspecified atom stereocenters. The summed E-state index contributed by atoms with van der Waals surface area (Å²) in [6.45, 7) is 3.26. The maximum absolute atomic E-state index is 12.3. The van der Waals surface area contributed by atoms with Crippen LogP contribution < -0.4 is 10.0 Å². The van der Waals surface area contributed by atoms with Gasteiger partial charge in [-0.15, -0.1) is 0 Å². The van der Waals surface area contributed by atoms with Crippen molar-refractivity contribution in [1.29, 1.82) is 0 Å². The number of aryl methyl sites for hydroxylation is 1. The van der Waals surface area contributed by atoms with Gasteiger partial charge in [0.25, 0.3) is 10.0 Å². The Kier molecular flexibility index (Phi) is 7.87. The molecule has 8 heteroatoms. The van der Waals surface area contributed by atoms with Crippen LogP contribution in [-0.2, 0) is 14.8 Å². The van der Waals surface area contributed by atoms with Crippen LogP contribution in [-0.4, -0.2) is 20.4 Å². The number of hydrogen-bond donors (Lipinski definition) is 2. The number of amides is 1. The van der Waals surface area contributed by atoms with Crippen molar-refractivity contribution in [3.63, 3.8) is 0 Å². The molecular formula is C16H18AcN3O3S-. The van der Waals surface area contributed by atoms with E-state index in [9.17, 15) is 13.2 Å². The van der Waals surface area contributed by atoms with E-state index in [1.807, 2.05) is 0 Å². The first-order valence-electron chi connectivity index (χ1n) is 7.00. The van der Waals surface area contributed by atoms with Gasteiger partial charge in [-0.25, -0.2) is 8.42 Å². The molecule has 1 amide bonds. The third-order valence-corrected chi connectivity index (χ3v) is 4.59. The molecule has 0 aliphatic carbocycles. The topological polar surface area (TPSA) is 99.1 Å². The Bertz CT molecular complexity index is 809. The normalized spacial score (nSPS) is 12.0. The van der Waals surface area contributed by atoms with Crippen LogP contribution in [0, 0.1) is 51.0 Å². The molecule has 0 bridgehead atoms. The number of hydrogen-bond acceptors (Lipinski definition) is 3. The molecule has 3 N–H and O–H groups in total. The monoisotopic (exact) mass is 559 g/mol. The van der Waals surface area contributed by atoms with Crippen molar-refractivity contribution in [2.75, 3.05) is 10.0 Å². The smallest absolute Gasteiger partial charge is 0.261 e. The van der Waals surface area contributed by atoms with Gasteiger partial charge in [-0.3, -0.25) is 9.52 Å². The van der Waals surface area contributed by atoms with Crippen LogP contribution in [0.3, 0.4) is 0 Å². The molecule has 0 spiro atoms. The summed E-state index contributed by atoms with van der Waals surface area (Å²) in [5, 5.41) is 2.61. The van der Waals surface area contributed by atoms with Crippen molar-refractivity contribution in [3.8, 4) is 0 Å². The van der Waals surface area contributed by atoms with Gasteiger partial charge in [0.05, 0.1) is 10.6 Å². The largest absolute Gasteiger partial charge is 0.667 e. The van der Waals surface area contributed by atoms with Gasteiger partial charge in [-0.1, -0.05) is 37.2 Å². The molecule has 0 fully saturated rings. The summed E-state index contributed by atoms with van der Waals surface area (Å²) in [4.78, 5) is 11.8. The van der Waals surface area contributed by atoms with E-state index in [0.29, 0.717) is 11.4 Å². The first-order valence-corrected chi connectivity index (χ1v) is 8.48. The first kappa shape index (κ1) is 21.1. The molecule has 2 rings (SSSR count). The van der Waals surface area contributed by atoms with Gasteiger partial charge in [0.15, 0.2) is 0 Å². The van der Waals surface area contributed by atoms with E-state index in [1.165, 1.54) is 25.1 Å². The fraction of sp³-hybridized carbons (Fsp3) is 0.188. The SMILES string of the molecule is Cc1ccc(NS(=O)(=O)c2ccccc2)cc1NC(=O)[C@@H](C)[NH-].[Ac]. The zero-order valence-corrected chi connectivity index (χ0v) is 19.0. The minimum atomic E-state index is -3.69. The molecule has 2 aromatic carbocycles. The zero-order valence-electron chi connectivity index (χ0n) is 13.4. The van der Waals surface area contributed by atoms with Crippen molar-refractivity contribution >= 4 is 27.3 Å².